The molecule has 13 nitrogen and oxygen atoms in total. The number of aromatic amines is 1. The number of aromatic nitrogens is 2. The molecule has 0 bridgehead atoms. The van der Waals surface area contributed by atoms with E-state index in [-0.39, 0.29) is 25.7 Å². The van der Waals surface area contributed by atoms with Gasteiger partial charge in [0.1, 0.15) is 18.1 Å². The molecule has 4 unspecified atom stereocenters. The molecule has 0 saturated heterocycles. The molecule has 1 rings (SSSR count). The highest BCUT2D eigenvalue weighted by molar-refractivity contribution is 7.98. The molecular formula is C19H31N7O6S. The molecule has 0 aliphatic carbocycles. The number of imidazole rings is 1. The largest absolute Gasteiger partial charge is 0.480 e. The summed E-state index contributed by atoms with van der Waals surface area (Å²) in [6.07, 6.45) is 4.88. The maximum absolute atomic E-state index is 12.7. The fourth-order valence-electron chi connectivity index (χ4n) is 2.70. The Kier molecular flexibility index (Phi) is 11.9. The summed E-state index contributed by atoms with van der Waals surface area (Å²) in [6, 6.07) is -4.30. The van der Waals surface area contributed by atoms with Crippen molar-refractivity contribution in [2.75, 3.05) is 12.0 Å². The van der Waals surface area contributed by atoms with E-state index in [2.05, 4.69) is 25.9 Å². The highest BCUT2D eigenvalue weighted by Crippen LogP contribution is 2.04. The van der Waals surface area contributed by atoms with Gasteiger partial charge in [-0.2, -0.15) is 11.8 Å². The Hall–Kier alpha value is -3.13. The molecule has 0 aliphatic heterocycles. The van der Waals surface area contributed by atoms with E-state index >= 15 is 0 Å². The van der Waals surface area contributed by atoms with Crippen molar-refractivity contribution in [2.45, 2.75) is 56.8 Å². The molecule has 0 aromatic carbocycles. The Balaban J connectivity index is 2.71. The van der Waals surface area contributed by atoms with Crippen molar-refractivity contribution in [3.8, 4) is 0 Å². The Morgan fingerprint density at radius 1 is 1.09 bits per heavy atom. The molecule has 0 fully saturated rings. The maximum atomic E-state index is 12.7. The smallest absolute Gasteiger partial charge is 0.326 e. The number of carboxylic acid groups (broad SMARTS) is 1. The molecule has 0 radical (unpaired) electrons. The van der Waals surface area contributed by atoms with Crippen molar-refractivity contribution in [2.24, 2.45) is 11.5 Å². The maximum Gasteiger partial charge on any atom is 0.326 e. The van der Waals surface area contributed by atoms with Gasteiger partial charge in [-0.05, 0) is 31.8 Å². The number of thioether (sulfide) groups is 1. The SMILES string of the molecule is CSCCC(NC(=O)C(N)CCC(N)=O)C(=O)NC(C)C(=O)NC(Cc1cnc[nH]1)C(=O)O. The number of hydrogen-bond acceptors (Lipinski definition) is 8. The molecule has 0 aliphatic rings. The van der Waals surface area contributed by atoms with E-state index < -0.39 is 53.8 Å². The number of nitrogens with one attached hydrogen (secondary N) is 4. The second kappa shape index (κ2) is 14.1. The summed E-state index contributed by atoms with van der Waals surface area (Å²) in [6.45, 7) is 1.40. The van der Waals surface area contributed by atoms with Crippen LogP contribution in [0.15, 0.2) is 12.5 Å². The van der Waals surface area contributed by atoms with Crippen LogP contribution in [-0.2, 0) is 30.4 Å². The molecule has 4 amide bonds. The molecular weight excluding hydrogens is 454 g/mol. The zero-order chi connectivity index (χ0) is 25.0. The fraction of sp³-hybridized carbons (Fsp3) is 0.579. The summed E-state index contributed by atoms with van der Waals surface area (Å²) >= 11 is 1.46. The number of primary amides is 1. The van der Waals surface area contributed by atoms with Crippen LogP contribution in [0.4, 0.5) is 0 Å². The summed E-state index contributed by atoms with van der Waals surface area (Å²) in [7, 11) is 0. The van der Waals surface area contributed by atoms with E-state index in [1.165, 1.54) is 31.2 Å². The number of carbonyl (C=O) groups excluding carboxylic acids is 4. The van der Waals surface area contributed by atoms with Gasteiger partial charge in [0, 0.05) is 24.7 Å². The first-order valence-electron chi connectivity index (χ1n) is 10.2. The van der Waals surface area contributed by atoms with Crippen molar-refractivity contribution in [3.05, 3.63) is 18.2 Å². The number of aliphatic carboxylic acids is 1. The second-order valence-corrected chi connectivity index (χ2v) is 8.35. The van der Waals surface area contributed by atoms with E-state index in [0.29, 0.717) is 11.4 Å². The molecule has 1 heterocycles. The summed E-state index contributed by atoms with van der Waals surface area (Å²) < 4.78 is 0. The summed E-state index contributed by atoms with van der Waals surface area (Å²) in [5.41, 5.74) is 11.3. The van der Waals surface area contributed by atoms with Gasteiger partial charge in [0.05, 0.1) is 12.4 Å². The minimum absolute atomic E-state index is 0.0165. The first-order valence-corrected chi connectivity index (χ1v) is 11.6. The van der Waals surface area contributed by atoms with E-state index in [4.69, 9.17) is 11.5 Å². The zero-order valence-electron chi connectivity index (χ0n) is 18.5. The summed E-state index contributed by atoms with van der Waals surface area (Å²) in [5, 5.41) is 16.8. The van der Waals surface area contributed by atoms with E-state index in [0.717, 1.165) is 0 Å². The number of amides is 4. The molecule has 9 N–H and O–H groups in total. The lowest BCUT2D eigenvalue weighted by Crippen LogP contribution is -2.56. The van der Waals surface area contributed by atoms with Crippen LogP contribution >= 0.6 is 11.8 Å². The molecule has 1 aromatic rings. The molecule has 0 saturated carbocycles. The summed E-state index contributed by atoms with van der Waals surface area (Å²) in [4.78, 5) is 66.4. The van der Waals surface area contributed by atoms with Gasteiger partial charge < -0.3 is 37.5 Å². The van der Waals surface area contributed by atoms with Gasteiger partial charge in [-0.15, -0.1) is 0 Å². The second-order valence-electron chi connectivity index (χ2n) is 7.36. The van der Waals surface area contributed by atoms with Gasteiger partial charge in [0.15, 0.2) is 0 Å². The monoisotopic (exact) mass is 485 g/mol. The third-order valence-electron chi connectivity index (χ3n) is 4.63. The van der Waals surface area contributed by atoms with Crippen molar-refractivity contribution in [1.29, 1.82) is 0 Å². The average Bonchev–Trinajstić information content (AvgIpc) is 3.26. The lowest BCUT2D eigenvalue weighted by atomic mass is 10.1. The van der Waals surface area contributed by atoms with Crippen molar-refractivity contribution in [3.63, 3.8) is 0 Å². The van der Waals surface area contributed by atoms with Gasteiger partial charge in [-0.25, -0.2) is 9.78 Å². The normalized spacial score (nSPS) is 14.4. The predicted molar refractivity (Wildman–Crippen MR) is 121 cm³/mol. The van der Waals surface area contributed by atoms with Gasteiger partial charge in [0.2, 0.25) is 23.6 Å². The minimum atomic E-state index is -1.24. The van der Waals surface area contributed by atoms with Crippen LogP contribution in [0.1, 0.15) is 31.9 Å². The minimum Gasteiger partial charge on any atom is -0.480 e. The van der Waals surface area contributed by atoms with Gasteiger partial charge >= 0.3 is 5.97 Å². The van der Waals surface area contributed by atoms with Crippen LogP contribution in [0, 0.1) is 0 Å². The quantitative estimate of drug-likeness (QED) is 0.144. The molecule has 14 heteroatoms. The first kappa shape index (κ1) is 27.9. The number of nitrogens with two attached hydrogens (primary N) is 2. The lowest BCUT2D eigenvalue weighted by Gasteiger charge is -2.23. The highest BCUT2D eigenvalue weighted by Gasteiger charge is 2.28. The molecule has 0 spiro atoms. The van der Waals surface area contributed by atoms with Gasteiger partial charge in [-0.1, -0.05) is 0 Å². The average molecular weight is 486 g/mol. The van der Waals surface area contributed by atoms with E-state index in [9.17, 15) is 29.1 Å². The number of nitrogens with zero attached hydrogens (tertiary/aromatic N) is 1. The van der Waals surface area contributed by atoms with E-state index in [1.54, 1.807) is 0 Å². The third kappa shape index (κ3) is 10.4. The van der Waals surface area contributed by atoms with E-state index in [1.807, 2.05) is 6.26 Å². The van der Waals surface area contributed by atoms with Crippen LogP contribution in [0.2, 0.25) is 0 Å². The first-order chi connectivity index (χ1) is 15.5. The predicted octanol–water partition coefficient (Wildman–Crippen LogP) is -2.14. The highest BCUT2D eigenvalue weighted by atomic mass is 32.2. The number of H-pyrrole nitrogens is 1. The fourth-order valence-corrected chi connectivity index (χ4v) is 3.18. The van der Waals surface area contributed by atoms with Crippen LogP contribution in [0.25, 0.3) is 0 Å². The van der Waals surface area contributed by atoms with Crippen molar-refractivity contribution >= 4 is 41.4 Å². The topological polar surface area (TPSA) is 222 Å². The van der Waals surface area contributed by atoms with Crippen LogP contribution in [-0.4, -0.2) is 80.8 Å². The number of carbonyl (C=O) groups is 5. The van der Waals surface area contributed by atoms with Crippen molar-refractivity contribution in [1.82, 2.24) is 25.9 Å². The molecule has 4 atom stereocenters. The Labute approximate surface area is 195 Å². The standard InChI is InChI=1S/C19H31N7O6S/c1-10(16(28)26-14(19(31)32)7-11-8-22-9-23-11)24-18(30)13(5-6-33-2)25-17(29)12(20)3-4-15(21)27/h8-10,12-14H,3-7,20H2,1-2H3,(H2,21,27)(H,22,23)(H,24,30)(H,25,29)(H,26,28)(H,31,32). The van der Waals surface area contributed by atoms with Crippen molar-refractivity contribution < 1.29 is 29.1 Å². The van der Waals surface area contributed by atoms with Gasteiger partial charge in [-0.3, -0.25) is 19.2 Å². The summed E-state index contributed by atoms with van der Waals surface area (Å²) in [5.74, 6) is -3.25. The van der Waals surface area contributed by atoms with Crippen LogP contribution in [0.3, 0.4) is 0 Å². The zero-order valence-corrected chi connectivity index (χ0v) is 19.3. The van der Waals surface area contributed by atoms with Gasteiger partial charge in [0.25, 0.3) is 0 Å². The lowest BCUT2D eigenvalue weighted by molar-refractivity contribution is -0.142. The number of rotatable bonds is 15. The Morgan fingerprint density at radius 3 is 2.30 bits per heavy atom. The van der Waals surface area contributed by atoms with Crippen LogP contribution in [0.5, 0.6) is 0 Å². The Bertz CT molecular complexity index is 820. The number of hydrogen-bond donors (Lipinski definition) is 7. The third-order valence-corrected chi connectivity index (χ3v) is 5.27. The Morgan fingerprint density at radius 2 is 1.76 bits per heavy atom. The number of carboxylic acids is 1. The van der Waals surface area contributed by atoms with Crippen LogP contribution < -0.4 is 27.4 Å². The molecule has 1 aromatic heterocycles. The molecule has 33 heavy (non-hydrogen) atoms. The molecule has 184 valence electrons.